The fourth-order valence-electron chi connectivity index (χ4n) is 1.05. The summed E-state index contributed by atoms with van der Waals surface area (Å²) in [4.78, 5) is 0. The van der Waals surface area contributed by atoms with Gasteiger partial charge in [-0.05, 0) is 6.42 Å². The first-order valence-corrected chi connectivity index (χ1v) is 6.19. The number of rotatable bonds is 6. The van der Waals surface area contributed by atoms with Crippen molar-refractivity contribution in [2.24, 2.45) is 0 Å². The van der Waals surface area contributed by atoms with E-state index < -0.39 is 10.2 Å². The third-order valence-corrected chi connectivity index (χ3v) is 3.42. The van der Waals surface area contributed by atoms with E-state index in [1.54, 1.807) is 12.4 Å². The van der Waals surface area contributed by atoms with Crippen LogP contribution in [0.5, 0.6) is 0 Å². The van der Waals surface area contributed by atoms with Crippen LogP contribution in [0.1, 0.15) is 18.9 Å². The molecule has 0 spiro atoms. The Hall–Kier alpha value is -0.920. The Balaban J connectivity index is 2.56. The summed E-state index contributed by atoms with van der Waals surface area (Å²) in [5.74, 6) is 0. The molecule has 0 fully saturated rings. The summed E-state index contributed by atoms with van der Waals surface area (Å²) in [7, 11) is -1.82. The molecule has 86 valence electrons. The predicted molar refractivity (Wildman–Crippen MR) is 57.3 cm³/mol. The molecule has 0 atom stereocenters. The zero-order valence-corrected chi connectivity index (χ0v) is 9.71. The summed E-state index contributed by atoms with van der Waals surface area (Å²) < 4.78 is 26.9. The Labute approximate surface area is 89.9 Å². The predicted octanol–water partition coefficient (Wildman–Crippen LogP) is 0.0859. The number of aromatic amines is 1. The molecule has 0 bridgehead atoms. The fraction of sp³-hybridized carbons (Fsp3) is 0.625. The van der Waals surface area contributed by atoms with Gasteiger partial charge >= 0.3 is 0 Å². The lowest BCUT2D eigenvalue weighted by atomic mass is 10.4. The second kappa shape index (κ2) is 5.24. The Bertz CT molecular complexity index is 373. The summed E-state index contributed by atoms with van der Waals surface area (Å²) in [5.41, 5.74) is 0.833. The Morgan fingerprint density at radius 1 is 1.60 bits per heavy atom. The van der Waals surface area contributed by atoms with Crippen molar-refractivity contribution in [1.29, 1.82) is 0 Å². The fourth-order valence-corrected chi connectivity index (χ4v) is 2.05. The van der Waals surface area contributed by atoms with Crippen LogP contribution in [0.25, 0.3) is 0 Å². The van der Waals surface area contributed by atoms with E-state index >= 15 is 0 Å². The highest BCUT2D eigenvalue weighted by atomic mass is 32.2. The van der Waals surface area contributed by atoms with Crippen molar-refractivity contribution in [3.05, 3.63) is 18.0 Å². The molecule has 1 rings (SSSR count). The largest absolute Gasteiger partial charge is 0.285 e. The van der Waals surface area contributed by atoms with Gasteiger partial charge in [0, 0.05) is 31.9 Å². The molecule has 6 nitrogen and oxygen atoms in total. The average molecular weight is 232 g/mol. The van der Waals surface area contributed by atoms with Gasteiger partial charge in [0.15, 0.2) is 0 Å². The Kier molecular flexibility index (Phi) is 4.25. The Morgan fingerprint density at radius 3 is 2.87 bits per heavy atom. The number of nitrogens with zero attached hydrogens (tertiary/aromatic N) is 2. The van der Waals surface area contributed by atoms with E-state index in [1.807, 2.05) is 6.92 Å². The van der Waals surface area contributed by atoms with Gasteiger partial charge in [0.1, 0.15) is 0 Å². The zero-order chi connectivity index (χ0) is 11.3. The molecule has 7 heteroatoms. The first-order chi connectivity index (χ1) is 7.06. The molecule has 0 aliphatic heterocycles. The van der Waals surface area contributed by atoms with E-state index in [2.05, 4.69) is 14.9 Å². The molecule has 0 saturated heterocycles. The average Bonchev–Trinajstić information content (AvgIpc) is 2.67. The van der Waals surface area contributed by atoms with Gasteiger partial charge in [0.05, 0.1) is 6.20 Å². The van der Waals surface area contributed by atoms with Gasteiger partial charge in [0.25, 0.3) is 10.2 Å². The van der Waals surface area contributed by atoms with Crippen LogP contribution in [0.3, 0.4) is 0 Å². The van der Waals surface area contributed by atoms with Gasteiger partial charge < -0.3 is 0 Å². The number of nitrogens with one attached hydrogen (secondary N) is 2. The highest BCUT2D eigenvalue weighted by Crippen LogP contribution is 2.03. The minimum atomic E-state index is -3.36. The Morgan fingerprint density at radius 2 is 2.33 bits per heavy atom. The van der Waals surface area contributed by atoms with Crippen LogP contribution >= 0.6 is 0 Å². The molecule has 0 aliphatic rings. The van der Waals surface area contributed by atoms with Crippen molar-refractivity contribution in [3.63, 3.8) is 0 Å². The number of aromatic nitrogens is 2. The third-order valence-electron chi connectivity index (χ3n) is 1.90. The molecular formula is C8H16N4O2S. The first kappa shape index (κ1) is 12.2. The van der Waals surface area contributed by atoms with Gasteiger partial charge in [-0.25, -0.2) is 4.72 Å². The van der Waals surface area contributed by atoms with Crippen molar-refractivity contribution in [2.45, 2.75) is 19.9 Å². The van der Waals surface area contributed by atoms with Crippen molar-refractivity contribution in [3.8, 4) is 0 Å². The van der Waals surface area contributed by atoms with E-state index in [4.69, 9.17) is 0 Å². The second-order valence-electron chi connectivity index (χ2n) is 3.26. The molecule has 0 aromatic carbocycles. The minimum absolute atomic E-state index is 0.315. The highest BCUT2D eigenvalue weighted by molar-refractivity contribution is 7.87. The van der Waals surface area contributed by atoms with E-state index in [0.29, 0.717) is 13.1 Å². The second-order valence-corrected chi connectivity index (χ2v) is 5.12. The number of H-pyrrole nitrogens is 1. The van der Waals surface area contributed by atoms with E-state index in [0.717, 1.165) is 12.0 Å². The molecule has 1 aromatic heterocycles. The number of hydrogen-bond acceptors (Lipinski definition) is 3. The smallest absolute Gasteiger partial charge is 0.279 e. The third kappa shape index (κ3) is 3.61. The van der Waals surface area contributed by atoms with Crippen LogP contribution < -0.4 is 4.72 Å². The summed E-state index contributed by atoms with van der Waals surface area (Å²) in [5, 5.41) is 6.39. The molecule has 0 aliphatic carbocycles. The van der Waals surface area contributed by atoms with Crippen LogP contribution in [-0.4, -0.2) is 36.5 Å². The maximum Gasteiger partial charge on any atom is 0.279 e. The van der Waals surface area contributed by atoms with E-state index in [9.17, 15) is 8.42 Å². The van der Waals surface area contributed by atoms with Crippen molar-refractivity contribution in [2.75, 3.05) is 13.6 Å². The van der Waals surface area contributed by atoms with Gasteiger partial charge in [-0.1, -0.05) is 6.92 Å². The summed E-state index contributed by atoms with van der Waals surface area (Å²) >= 11 is 0. The lowest BCUT2D eigenvalue weighted by Crippen LogP contribution is -2.38. The summed E-state index contributed by atoms with van der Waals surface area (Å²) in [6, 6.07) is 0. The molecule has 0 saturated carbocycles. The molecule has 0 unspecified atom stereocenters. The SMILES string of the molecule is CCCNS(=O)(=O)N(C)Cc1cn[nH]c1. The summed E-state index contributed by atoms with van der Waals surface area (Å²) in [6.45, 7) is 2.69. The van der Waals surface area contributed by atoms with Gasteiger partial charge in [0.2, 0.25) is 0 Å². The van der Waals surface area contributed by atoms with Crippen LogP contribution in [0, 0.1) is 0 Å². The molecule has 1 aromatic rings. The molecule has 0 amide bonds. The highest BCUT2D eigenvalue weighted by Gasteiger charge is 2.16. The van der Waals surface area contributed by atoms with Crippen molar-refractivity contribution < 1.29 is 8.42 Å². The van der Waals surface area contributed by atoms with Gasteiger partial charge in [-0.3, -0.25) is 5.10 Å². The van der Waals surface area contributed by atoms with Crippen molar-refractivity contribution >= 4 is 10.2 Å². The van der Waals surface area contributed by atoms with Crippen LogP contribution in [0.15, 0.2) is 12.4 Å². The van der Waals surface area contributed by atoms with Gasteiger partial charge in [-0.2, -0.15) is 17.8 Å². The molecule has 15 heavy (non-hydrogen) atoms. The van der Waals surface area contributed by atoms with Crippen LogP contribution in [-0.2, 0) is 16.8 Å². The topological polar surface area (TPSA) is 78.1 Å². The number of hydrogen-bond donors (Lipinski definition) is 2. The zero-order valence-electron chi connectivity index (χ0n) is 8.90. The molecular weight excluding hydrogens is 216 g/mol. The monoisotopic (exact) mass is 232 g/mol. The maximum atomic E-state index is 11.6. The normalized spacial score (nSPS) is 12.2. The van der Waals surface area contributed by atoms with Crippen molar-refractivity contribution in [1.82, 2.24) is 19.2 Å². The minimum Gasteiger partial charge on any atom is -0.285 e. The van der Waals surface area contributed by atoms with Crippen LogP contribution in [0.4, 0.5) is 0 Å². The molecule has 1 heterocycles. The standard InChI is InChI=1S/C8H16N4O2S/c1-3-4-11-15(13,14)12(2)7-8-5-9-10-6-8/h5-6,11H,3-4,7H2,1-2H3,(H,9,10). The quantitative estimate of drug-likeness (QED) is 0.729. The molecule has 2 N–H and O–H groups in total. The van der Waals surface area contributed by atoms with E-state index in [1.165, 1.54) is 11.4 Å². The summed E-state index contributed by atoms with van der Waals surface area (Å²) in [6.07, 6.45) is 4.05. The van der Waals surface area contributed by atoms with Gasteiger partial charge in [-0.15, -0.1) is 0 Å². The first-order valence-electron chi connectivity index (χ1n) is 4.75. The molecule has 0 radical (unpaired) electrons. The lowest BCUT2D eigenvalue weighted by molar-refractivity contribution is 0.455. The van der Waals surface area contributed by atoms with E-state index in [-0.39, 0.29) is 0 Å². The lowest BCUT2D eigenvalue weighted by Gasteiger charge is -2.16. The maximum absolute atomic E-state index is 11.6. The van der Waals surface area contributed by atoms with Crippen LogP contribution in [0.2, 0.25) is 0 Å².